The molecule has 0 aromatic carbocycles. The SMILES string of the molecule is CCOC(=O)CCC(C)[C@H]1CC[C@H]2[C@@H]3CCC4=CC(=O)CC[C@]4(C)[C@H]3CC[C@]12C. The molecule has 0 aromatic heterocycles. The lowest BCUT2D eigenvalue weighted by atomic mass is 9.46. The fourth-order valence-corrected chi connectivity index (χ4v) is 8.31. The number of rotatable bonds is 5. The molecule has 3 heteroatoms. The minimum absolute atomic E-state index is 0.0332. The van der Waals surface area contributed by atoms with Crippen LogP contribution >= 0.6 is 0 Å². The first-order valence-electron chi connectivity index (χ1n) is 12.2. The topological polar surface area (TPSA) is 43.4 Å². The number of ether oxygens (including phenoxy) is 1. The number of allylic oxidation sites excluding steroid dienone is 1. The molecule has 0 radical (unpaired) electrons. The van der Waals surface area contributed by atoms with Gasteiger partial charge in [-0.15, -0.1) is 0 Å². The number of hydrogen-bond acceptors (Lipinski definition) is 3. The third-order valence-corrected chi connectivity index (χ3v) is 9.83. The summed E-state index contributed by atoms with van der Waals surface area (Å²) in [7, 11) is 0. The molecule has 3 saturated carbocycles. The summed E-state index contributed by atoms with van der Waals surface area (Å²) in [6.45, 7) is 9.79. The summed E-state index contributed by atoms with van der Waals surface area (Å²) in [5, 5.41) is 0. The zero-order valence-corrected chi connectivity index (χ0v) is 19.0. The molecule has 4 aliphatic carbocycles. The van der Waals surface area contributed by atoms with Gasteiger partial charge in [-0.3, -0.25) is 9.59 Å². The van der Waals surface area contributed by atoms with Crippen LogP contribution in [0.5, 0.6) is 0 Å². The normalized spacial score (nSPS) is 42.3. The Morgan fingerprint density at radius 3 is 2.69 bits per heavy atom. The molecule has 3 nitrogen and oxygen atoms in total. The highest BCUT2D eigenvalue weighted by atomic mass is 16.5. The lowest BCUT2D eigenvalue weighted by molar-refractivity contribution is -0.143. The summed E-state index contributed by atoms with van der Waals surface area (Å²) >= 11 is 0. The van der Waals surface area contributed by atoms with Gasteiger partial charge in [-0.1, -0.05) is 26.3 Å². The molecule has 0 amide bonds. The summed E-state index contributed by atoms with van der Waals surface area (Å²) in [5.41, 5.74) is 2.17. The number of esters is 1. The molecule has 0 N–H and O–H groups in total. The second-order valence-electron chi connectivity index (χ2n) is 11.0. The molecule has 0 aromatic rings. The minimum Gasteiger partial charge on any atom is -0.466 e. The van der Waals surface area contributed by atoms with Crippen molar-refractivity contribution in [2.45, 2.75) is 91.9 Å². The van der Waals surface area contributed by atoms with Gasteiger partial charge in [0.05, 0.1) is 6.61 Å². The fraction of sp³-hybridized carbons (Fsp3) is 0.846. The Morgan fingerprint density at radius 2 is 1.93 bits per heavy atom. The third kappa shape index (κ3) is 3.51. The Balaban J connectivity index is 1.48. The summed E-state index contributed by atoms with van der Waals surface area (Å²) in [4.78, 5) is 23.9. The van der Waals surface area contributed by atoms with Crippen molar-refractivity contribution in [1.82, 2.24) is 0 Å². The zero-order valence-electron chi connectivity index (χ0n) is 19.0. The molecule has 29 heavy (non-hydrogen) atoms. The number of carbonyl (C=O) groups is 2. The van der Waals surface area contributed by atoms with E-state index in [1.807, 2.05) is 13.0 Å². The van der Waals surface area contributed by atoms with Gasteiger partial charge < -0.3 is 4.74 Å². The monoisotopic (exact) mass is 400 g/mol. The summed E-state index contributed by atoms with van der Waals surface area (Å²) < 4.78 is 5.16. The average Bonchev–Trinajstić information content (AvgIpc) is 3.04. The average molecular weight is 401 g/mol. The van der Waals surface area contributed by atoms with Crippen molar-refractivity contribution in [3.63, 3.8) is 0 Å². The molecule has 7 atom stereocenters. The first-order valence-corrected chi connectivity index (χ1v) is 12.2. The van der Waals surface area contributed by atoms with Crippen LogP contribution in [0.3, 0.4) is 0 Å². The first-order chi connectivity index (χ1) is 13.8. The molecule has 0 saturated heterocycles. The van der Waals surface area contributed by atoms with Crippen molar-refractivity contribution < 1.29 is 14.3 Å². The van der Waals surface area contributed by atoms with E-state index in [4.69, 9.17) is 4.74 Å². The Hall–Kier alpha value is -1.12. The molecular weight excluding hydrogens is 360 g/mol. The molecule has 0 spiro atoms. The second-order valence-corrected chi connectivity index (χ2v) is 11.0. The lowest BCUT2D eigenvalue weighted by Crippen LogP contribution is -2.51. The van der Waals surface area contributed by atoms with Crippen LogP contribution in [0.1, 0.15) is 91.9 Å². The molecule has 3 fully saturated rings. The van der Waals surface area contributed by atoms with Crippen LogP contribution in [0.2, 0.25) is 0 Å². The van der Waals surface area contributed by atoms with E-state index in [0.29, 0.717) is 30.1 Å². The maximum Gasteiger partial charge on any atom is 0.305 e. The van der Waals surface area contributed by atoms with E-state index < -0.39 is 0 Å². The van der Waals surface area contributed by atoms with E-state index in [1.54, 1.807) is 0 Å². The Labute approximate surface area is 177 Å². The molecular formula is C26H40O3. The quantitative estimate of drug-likeness (QED) is 0.523. The molecule has 0 heterocycles. The van der Waals surface area contributed by atoms with Crippen molar-refractivity contribution in [1.29, 1.82) is 0 Å². The van der Waals surface area contributed by atoms with Gasteiger partial charge in [-0.05, 0) is 105 Å². The van der Waals surface area contributed by atoms with E-state index in [9.17, 15) is 9.59 Å². The minimum atomic E-state index is -0.0332. The zero-order chi connectivity index (χ0) is 20.8. The summed E-state index contributed by atoms with van der Waals surface area (Å²) in [6.07, 6.45) is 13.1. The van der Waals surface area contributed by atoms with E-state index in [0.717, 1.165) is 49.4 Å². The number of hydrogen-bond donors (Lipinski definition) is 0. The largest absolute Gasteiger partial charge is 0.466 e. The highest BCUT2D eigenvalue weighted by Crippen LogP contribution is 2.67. The Kier molecular flexibility index (Phi) is 5.72. The van der Waals surface area contributed by atoms with Crippen molar-refractivity contribution in [3.05, 3.63) is 11.6 Å². The molecule has 0 bridgehead atoms. The van der Waals surface area contributed by atoms with Crippen LogP contribution in [-0.4, -0.2) is 18.4 Å². The van der Waals surface area contributed by atoms with Crippen molar-refractivity contribution >= 4 is 11.8 Å². The molecule has 1 unspecified atom stereocenters. The fourth-order valence-electron chi connectivity index (χ4n) is 8.31. The van der Waals surface area contributed by atoms with Crippen molar-refractivity contribution in [3.8, 4) is 0 Å². The Bertz CT molecular complexity index is 694. The van der Waals surface area contributed by atoms with Crippen LogP contribution in [0.25, 0.3) is 0 Å². The predicted molar refractivity (Wildman–Crippen MR) is 115 cm³/mol. The molecule has 162 valence electrons. The van der Waals surface area contributed by atoms with Crippen LogP contribution < -0.4 is 0 Å². The van der Waals surface area contributed by atoms with Crippen LogP contribution in [0, 0.1) is 40.4 Å². The van der Waals surface area contributed by atoms with Crippen molar-refractivity contribution in [2.24, 2.45) is 40.4 Å². The molecule has 4 rings (SSSR count). The van der Waals surface area contributed by atoms with Crippen LogP contribution in [-0.2, 0) is 14.3 Å². The van der Waals surface area contributed by atoms with Gasteiger partial charge in [0.15, 0.2) is 5.78 Å². The molecule has 4 aliphatic rings. The van der Waals surface area contributed by atoms with Gasteiger partial charge in [0.1, 0.15) is 0 Å². The van der Waals surface area contributed by atoms with Crippen molar-refractivity contribution in [2.75, 3.05) is 6.61 Å². The number of carbonyl (C=O) groups excluding carboxylic acids is 2. The van der Waals surface area contributed by atoms with Gasteiger partial charge >= 0.3 is 5.97 Å². The third-order valence-electron chi connectivity index (χ3n) is 9.83. The highest BCUT2D eigenvalue weighted by Gasteiger charge is 2.59. The smallest absolute Gasteiger partial charge is 0.305 e. The van der Waals surface area contributed by atoms with Gasteiger partial charge in [-0.2, -0.15) is 0 Å². The standard InChI is InChI=1S/C26H40O3/c1-5-29-24(28)11-6-17(2)21-9-10-22-20-8-7-18-16-19(27)12-14-25(18,3)23(20)13-15-26(21,22)4/h16-17,20-23H,5-15H2,1-4H3/t17?,20-,21+,22-,23-,25-,26+/m0/s1. The van der Waals surface area contributed by atoms with Crippen LogP contribution in [0.4, 0.5) is 0 Å². The second kappa shape index (κ2) is 7.85. The lowest BCUT2D eigenvalue weighted by Gasteiger charge is -2.58. The maximum absolute atomic E-state index is 12.0. The maximum atomic E-state index is 12.0. The van der Waals surface area contributed by atoms with Gasteiger partial charge in [-0.25, -0.2) is 0 Å². The summed E-state index contributed by atoms with van der Waals surface area (Å²) in [5.74, 6) is 4.07. The van der Waals surface area contributed by atoms with E-state index in [1.165, 1.54) is 37.7 Å². The van der Waals surface area contributed by atoms with E-state index in [2.05, 4.69) is 20.8 Å². The summed E-state index contributed by atoms with van der Waals surface area (Å²) in [6, 6.07) is 0. The predicted octanol–water partition coefficient (Wildman–Crippen LogP) is 6.11. The number of fused-ring (bicyclic) bond motifs is 5. The molecule has 0 aliphatic heterocycles. The van der Waals surface area contributed by atoms with Crippen LogP contribution in [0.15, 0.2) is 11.6 Å². The van der Waals surface area contributed by atoms with E-state index in [-0.39, 0.29) is 11.4 Å². The first kappa shape index (κ1) is 21.1. The van der Waals surface area contributed by atoms with Gasteiger partial charge in [0.25, 0.3) is 0 Å². The van der Waals surface area contributed by atoms with Gasteiger partial charge in [0, 0.05) is 12.8 Å². The van der Waals surface area contributed by atoms with E-state index >= 15 is 0 Å². The Morgan fingerprint density at radius 1 is 1.14 bits per heavy atom. The number of ketones is 1. The highest BCUT2D eigenvalue weighted by molar-refractivity contribution is 5.91. The van der Waals surface area contributed by atoms with Gasteiger partial charge in [0.2, 0.25) is 0 Å².